The highest BCUT2D eigenvalue weighted by atomic mass is 32.1. The van der Waals surface area contributed by atoms with Gasteiger partial charge in [-0.15, -0.1) is 11.3 Å². The minimum absolute atomic E-state index is 0.00712. The third-order valence-corrected chi connectivity index (χ3v) is 7.06. The van der Waals surface area contributed by atoms with Crippen molar-refractivity contribution in [2.45, 2.75) is 38.7 Å². The third-order valence-electron chi connectivity index (χ3n) is 6.22. The number of ether oxygens (including phenoxy) is 1. The molecule has 2 aromatic carbocycles. The van der Waals surface area contributed by atoms with Crippen LogP contribution in [0.1, 0.15) is 36.8 Å². The lowest BCUT2D eigenvalue weighted by atomic mass is 10.1. The first-order valence-corrected chi connectivity index (χ1v) is 12.3. The molecule has 0 radical (unpaired) electrons. The van der Waals surface area contributed by atoms with Gasteiger partial charge in [-0.05, 0) is 49.9 Å². The van der Waals surface area contributed by atoms with Gasteiger partial charge in [0.1, 0.15) is 12.3 Å². The Morgan fingerprint density at radius 2 is 1.91 bits per heavy atom. The molecule has 3 heterocycles. The maximum Gasteiger partial charge on any atom is 0.268 e. The zero-order valence-corrected chi connectivity index (χ0v) is 19.5. The molecule has 1 aromatic heterocycles. The molecule has 0 spiro atoms. The standard InChI is InChI=1S/C26H27N3O3S/c1-18-26(31)29(16-25(30)28-12-6-3-7-13-28)22-15-20(10-11-23(22)32-18)21-17-33-24(27-21)14-19-8-4-2-5-9-19/h2,4-5,8-11,15,17-18H,3,6-7,12-14,16H2,1H3. The number of hydrogen-bond donors (Lipinski definition) is 0. The van der Waals surface area contributed by atoms with Crippen molar-refractivity contribution in [2.75, 3.05) is 24.5 Å². The summed E-state index contributed by atoms with van der Waals surface area (Å²) >= 11 is 1.62. The van der Waals surface area contributed by atoms with Gasteiger partial charge < -0.3 is 9.64 Å². The van der Waals surface area contributed by atoms with Crippen molar-refractivity contribution in [1.82, 2.24) is 9.88 Å². The Labute approximate surface area is 197 Å². The number of nitrogens with zero attached hydrogens (tertiary/aromatic N) is 3. The van der Waals surface area contributed by atoms with E-state index in [9.17, 15) is 9.59 Å². The van der Waals surface area contributed by atoms with Gasteiger partial charge in [0.25, 0.3) is 5.91 Å². The quantitative estimate of drug-likeness (QED) is 0.560. The SMILES string of the molecule is CC1Oc2ccc(-c3csc(Cc4ccccc4)n3)cc2N(CC(=O)N2CCCCC2)C1=O. The van der Waals surface area contributed by atoms with Crippen molar-refractivity contribution in [3.05, 3.63) is 64.5 Å². The van der Waals surface area contributed by atoms with Crippen molar-refractivity contribution in [2.24, 2.45) is 0 Å². The molecule has 0 saturated carbocycles. The monoisotopic (exact) mass is 461 g/mol. The summed E-state index contributed by atoms with van der Waals surface area (Å²) < 4.78 is 5.84. The van der Waals surface area contributed by atoms with Gasteiger partial charge in [-0.25, -0.2) is 4.98 Å². The van der Waals surface area contributed by atoms with Crippen molar-refractivity contribution in [1.29, 1.82) is 0 Å². The average molecular weight is 462 g/mol. The number of rotatable bonds is 5. The van der Waals surface area contributed by atoms with Gasteiger partial charge in [0.05, 0.1) is 16.4 Å². The van der Waals surface area contributed by atoms with Crippen LogP contribution in [0.5, 0.6) is 5.75 Å². The number of piperidine rings is 1. The molecular weight excluding hydrogens is 434 g/mol. The van der Waals surface area contributed by atoms with Gasteiger partial charge in [0.2, 0.25) is 5.91 Å². The summed E-state index contributed by atoms with van der Waals surface area (Å²) in [6.45, 7) is 3.30. The predicted molar refractivity (Wildman–Crippen MR) is 130 cm³/mol. The van der Waals surface area contributed by atoms with Crippen LogP contribution >= 0.6 is 11.3 Å². The van der Waals surface area contributed by atoms with Crippen LogP contribution in [0, 0.1) is 0 Å². The number of carbonyl (C=O) groups is 2. The summed E-state index contributed by atoms with van der Waals surface area (Å²) in [6, 6.07) is 16.0. The van der Waals surface area contributed by atoms with Gasteiger partial charge in [-0.2, -0.15) is 0 Å². The van der Waals surface area contributed by atoms with Crippen LogP contribution in [0.2, 0.25) is 0 Å². The molecule has 0 bridgehead atoms. The second-order valence-electron chi connectivity index (χ2n) is 8.60. The molecule has 0 N–H and O–H groups in total. The maximum absolute atomic E-state index is 13.0. The fourth-order valence-corrected chi connectivity index (χ4v) is 5.24. The van der Waals surface area contributed by atoms with Crippen LogP contribution in [-0.4, -0.2) is 47.4 Å². The van der Waals surface area contributed by atoms with Gasteiger partial charge >= 0.3 is 0 Å². The minimum atomic E-state index is -0.616. The van der Waals surface area contributed by atoms with E-state index in [0.717, 1.165) is 55.0 Å². The maximum atomic E-state index is 13.0. The van der Waals surface area contributed by atoms with Crippen molar-refractivity contribution in [3.63, 3.8) is 0 Å². The summed E-state index contributed by atoms with van der Waals surface area (Å²) in [4.78, 5) is 34.2. The first kappa shape index (κ1) is 21.6. The molecule has 2 amide bonds. The Kier molecular flexibility index (Phi) is 6.13. The Morgan fingerprint density at radius 3 is 2.70 bits per heavy atom. The number of thiazole rings is 1. The van der Waals surface area contributed by atoms with E-state index < -0.39 is 6.10 Å². The number of fused-ring (bicyclic) bond motifs is 1. The third kappa shape index (κ3) is 4.64. The largest absolute Gasteiger partial charge is 0.479 e. The van der Waals surface area contributed by atoms with Crippen LogP contribution in [0.25, 0.3) is 11.3 Å². The molecule has 170 valence electrons. The zero-order chi connectivity index (χ0) is 22.8. The molecule has 1 atom stereocenters. The predicted octanol–water partition coefficient (Wildman–Crippen LogP) is 4.53. The number of likely N-dealkylation sites (tertiary alicyclic amines) is 1. The second kappa shape index (κ2) is 9.35. The summed E-state index contributed by atoms with van der Waals surface area (Å²) in [6.07, 6.45) is 3.37. The van der Waals surface area contributed by atoms with E-state index in [1.54, 1.807) is 23.2 Å². The zero-order valence-electron chi connectivity index (χ0n) is 18.7. The lowest BCUT2D eigenvalue weighted by Gasteiger charge is -2.35. The molecule has 1 fully saturated rings. The van der Waals surface area contributed by atoms with E-state index in [1.165, 1.54) is 5.56 Å². The number of amides is 2. The number of hydrogen-bond acceptors (Lipinski definition) is 5. The van der Waals surface area contributed by atoms with E-state index in [0.29, 0.717) is 11.4 Å². The normalized spacial score (nSPS) is 18.1. The molecule has 0 aliphatic carbocycles. The lowest BCUT2D eigenvalue weighted by molar-refractivity contribution is -0.133. The molecule has 2 aliphatic heterocycles. The number of aromatic nitrogens is 1. The average Bonchev–Trinajstić information content (AvgIpc) is 3.31. The van der Waals surface area contributed by atoms with E-state index in [1.807, 2.05) is 46.7 Å². The second-order valence-corrected chi connectivity index (χ2v) is 9.54. The van der Waals surface area contributed by atoms with Gasteiger partial charge in [0, 0.05) is 30.5 Å². The number of anilines is 1. The summed E-state index contributed by atoms with van der Waals surface area (Å²) in [5, 5.41) is 3.07. The fourth-order valence-electron chi connectivity index (χ4n) is 4.40. The Morgan fingerprint density at radius 1 is 1.12 bits per heavy atom. The molecule has 7 heteroatoms. The first-order valence-electron chi connectivity index (χ1n) is 11.5. The highest BCUT2D eigenvalue weighted by Crippen LogP contribution is 2.38. The molecule has 2 aliphatic rings. The molecule has 6 nitrogen and oxygen atoms in total. The van der Waals surface area contributed by atoms with Crippen LogP contribution < -0.4 is 9.64 Å². The molecule has 1 unspecified atom stereocenters. The number of benzene rings is 2. The van der Waals surface area contributed by atoms with E-state index in [4.69, 9.17) is 9.72 Å². The topological polar surface area (TPSA) is 62.7 Å². The molecule has 5 rings (SSSR count). The van der Waals surface area contributed by atoms with Crippen LogP contribution in [-0.2, 0) is 16.0 Å². The van der Waals surface area contributed by atoms with Gasteiger partial charge in [0.15, 0.2) is 6.10 Å². The van der Waals surface area contributed by atoms with E-state index in [2.05, 4.69) is 12.1 Å². The molecule has 3 aromatic rings. The van der Waals surface area contributed by atoms with E-state index >= 15 is 0 Å². The van der Waals surface area contributed by atoms with Crippen LogP contribution in [0.3, 0.4) is 0 Å². The fraction of sp³-hybridized carbons (Fsp3) is 0.346. The van der Waals surface area contributed by atoms with Crippen molar-refractivity contribution < 1.29 is 14.3 Å². The van der Waals surface area contributed by atoms with Crippen molar-refractivity contribution in [3.8, 4) is 17.0 Å². The number of carbonyl (C=O) groups excluding carboxylic acids is 2. The Bertz CT molecular complexity index is 1150. The smallest absolute Gasteiger partial charge is 0.268 e. The highest BCUT2D eigenvalue weighted by molar-refractivity contribution is 7.10. The minimum Gasteiger partial charge on any atom is -0.479 e. The Balaban J connectivity index is 1.40. The van der Waals surface area contributed by atoms with Gasteiger partial charge in [-0.3, -0.25) is 14.5 Å². The Hall–Kier alpha value is -3.19. The molecular formula is C26H27N3O3S. The molecule has 33 heavy (non-hydrogen) atoms. The van der Waals surface area contributed by atoms with E-state index in [-0.39, 0.29) is 18.4 Å². The van der Waals surface area contributed by atoms with Gasteiger partial charge in [-0.1, -0.05) is 30.3 Å². The summed E-state index contributed by atoms with van der Waals surface area (Å²) in [7, 11) is 0. The summed E-state index contributed by atoms with van der Waals surface area (Å²) in [5.41, 5.74) is 3.63. The van der Waals surface area contributed by atoms with Crippen LogP contribution in [0.4, 0.5) is 5.69 Å². The van der Waals surface area contributed by atoms with Crippen molar-refractivity contribution >= 4 is 28.8 Å². The summed E-state index contributed by atoms with van der Waals surface area (Å²) in [5.74, 6) is 0.428. The lowest BCUT2D eigenvalue weighted by Crippen LogP contribution is -2.50. The highest BCUT2D eigenvalue weighted by Gasteiger charge is 2.34. The first-order chi connectivity index (χ1) is 16.1. The molecule has 1 saturated heterocycles. The van der Waals surface area contributed by atoms with Crippen LogP contribution in [0.15, 0.2) is 53.9 Å².